The molecule has 2 atom stereocenters. The summed E-state index contributed by atoms with van der Waals surface area (Å²) in [5, 5.41) is 10.7. The van der Waals surface area contributed by atoms with Crippen molar-refractivity contribution in [2.45, 2.75) is 49.8 Å². The standard InChI is InChI=1S/C18H24N4OS2/c23-18(9-5-4-8-15-10-11-24-25-15)21-16(12-17-19-13-20-22-17)14-6-2-1-3-7-14/h1-3,6-7,13,15-16H,4-5,8-12H2,(H,21,23)(H,19,20,22)/t15-,16-/m1/s1. The zero-order valence-electron chi connectivity index (χ0n) is 14.2. The van der Waals surface area contributed by atoms with Gasteiger partial charge in [-0.15, -0.1) is 0 Å². The van der Waals surface area contributed by atoms with Gasteiger partial charge < -0.3 is 5.32 Å². The summed E-state index contributed by atoms with van der Waals surface area (Å²) in [6, 6.07) is 9.96. The van der Waals surface area contributed by atoms with Crippen molar-refractivity contribution in [1.82, 2.24) is 20.5 Å². The van der Waals surface area contributed by atoms with E-state index in [4.69, 9.17) is 0 Å². The Morgan fingerprint density at radius 2 is 2.20 bits per heavy atom. The third-order valence-corrected chi connectivity index (χ3v) is 7.31. The second-order valence-electron chi connectivity index (χ2n) is 6.24. The van der Waals surface area contributed by atoms with Crippen LogP contribution < -0.4 is 5.32 Å². The van der Waals surface area contributed by atoms with Crippen LogP contribution in [0, 0.1) is 0 Å². The number of hydrogen-bond acceptors (Lipinski definition) is 5. The van der Waals surface area contributed by atoms with Crippen LogP contribution in [0.15, 0.2) is 36.7 Å². The lowest BCUT2D eigenvalue weighted by Gasteiger charge is -2.18. The number of aromatic amines is 1. The van der Waals surface area contributed by atoms with E-state index in [9.17, 15) is 4.79 Å². The fourth-order valence-corrected chi connectivity index (χ4v) is 5.98. The zero-order valence-corrected chi connectivity index (χ0v) is 15.8. The highest BCUT2D eigenvalue weighted by molar-refractivity contribution is 8.77. The molecule has 0 bridgehead atoms. The molecular weight excluding hydrogens is 352 g/mol. The largest absolute Gasteiger partial charge is 0.349 e. The number of benzene rings is 1. The Labute approximate surface area is 156 Å². The number of carbonyl (C=O) groups is 1. The topological polar surface area (TPSA) is 70.7 Å². The fraction of sp³-hybridized carbons (Fsp3) is 0.500. The van der Waals surface area contributed by atoms with E-state index in [1.165, 1.54) is 24.9 Å². The summed E-state index contributed by atoms with van der Waals surface area (Å²) in [5.41, 5.74) is 1.09. The van der Waals surface area contributed by atoms with E-state index in [1.807, 2.05) is 51.9 Å². The van der Waals surface area contributed by atoms with Gasteiger partial charge in [0.15, 0.2) is 0 Å². The van der Waals surface area contributed by atoms with Crippen molar-refractivity contribution in [1.29, 1.82) is 0 Å². The molecule has 5 nitrogen and oxygen atoms in total. The third kappa shape index (κ3) is 6.08. The van der Waals surface area contributed by atoms with Gasteiger partial charge in [0.05, 0.1) is 6.04 Å². The summed E-state index contributed by atoms with van der Waals surface area (Å²) in [5.74, 6) is 2.17. The minimum absolute atomic E-state index is 0.0802. The summed E-state index contributed by atoms with van der Waals surface area (Å²) in [7, 11) is 3.99. The Morgan fingerprint density at radius 3 is 2.92 bits per heavy atom. The molecule has 25 heavy (non-hydrogen) atoms. The average Bonchev–Trinajstić information content (AvgIpc) is 3.33. The van der Waals surface area contributed by atoms with Gasteiger partial charge in [-0.1, -0.05) is 58.3 Å². The molecule has 1 fully saturated rings. The summed E-state index contributed by atoms with van der Waals surface area (Å²) in [6.07, 6.45) is 7.33. The quantitative estimate of drug-likeness (QED) is 0.513. The molecule has 0 unspecified atom stereocenters. The minimum atomic E-state index is -0.0802. The molecule has 3 rings (SSSR count). The van der Waals surface area contributed by atoms with Crippen LogP contribution in [0.3, 0.4) is 0 Å². The lowest BCUT2D eigenvalue weighted by atomic mass is 10.0. The summed E-state index contributed by atoms with van der Waals surface area (Å²) in [4.78, 5) is 16.6. The predicted molar refractivity (Wildman–Crippen MR) is 104 cm³/mol. The third-order valence-electron chi connectivity index (χ3n) is 4.31. The van der Waals surface area contributed by atoms with Crippen LogP contribution in [0.5, 0.6) is 0 Å². The number of hydrogen-bond donors (Lipinski definition) is 2. The highest BCUT2D eigenvalue weighted by atomic mass is 33.1. The number of nitrogens with one attached hydrogen (secondary N) is 2. The van der Waals surface area contributed by atoms with Gasteiger partial charge in [0.25, 0.3) is 0 Å². The molecule has 0 saturated carbocycles. The first kappa shape index (κ1) is 18.3. The van der Waals surface area contributed by atoms with E-state index in [-0.39, 0.29) is 11.9 Å². The molecule has 2 aromatic rings. The van der Waals surface area contributed by atoms with Crippen LogP contribution in [-0.2, 0) is 11.2 Å². The van der Waals surface area contributed by atoms with Gasteiger partial charge in [-0.3, -0.25) is 9.89 Å². The van der Waals surface area contributed by atoms with Crippen LogP contribution >= 0.6 is 21.6 Å². The second-order valence-corrected chi connectivity index (χ2v) is 9.03. The van der Waals surface area contributed by atoms with Gasteiger partial charge in [-0.25, -0.2) is 4.98 Å². The Balaban J connectivity index is 1.47. The Bertz CT molecular complexity index is 630. The van der Waals surface area contributed by atoms with Gasteiger partial charge in [0.1, 0.15) is 12.2 Å². The van der Waals surface area contributed by atoms with E-state index in [2.05, 4.69) is 20.5 Å². The van der Waals surface area contributed by atoms with Crippen molar-refractivity contribution in [3.05, 3.63) is 48.0 Å². The Morgan fingerprint density at radius 1 is 1.32 bits per heavy atom. The maximum Gasteiger partial charge on any atom is 0.220 e. The van der Waals surface area contributed by atoms with Gasteiger partial charge in [-0.05, 0) is 24.8 Å². The first-order valence-corrected chi connectivity index (χ1v) is 11.2. The SMILES string of the molecule is O=C(CCCC[C@@H]1CCSS1)N[C@H](Cc1ncn[nH]1)c1ccccc1. The number of nitrogens with zero attached hydrogens (tertiary/aromatic N) is 2. The molecule has 1 aromatic carbocycles. The first-order valence-electron chi connectivity index (χ1n) is 8.78. The molecule has 1 amide bonds. The van der Waals surface area contributed by atoms with Crippen LogP contribution in [0.1, 0.15) is 49.5 Å². The minimum Gasteiger partial charge on any atom is -0.349 e. The average molecular weight is 377 g/mol. The molecule has 134 valence electrons. The lowest BCUT2D eigenvalue weighted by Crippen LogP contribution is -2.30. The number of H-pyrrole nitrogens is 1. The van der Waals surface area contributed by atoms with Crippen LogP contribution in [-0.4, -0.2) is 32.1 Å². The van der Waals surface area contributed by atoms with Gasteiger partial charge in [0.2, 0.25) is 5.91 Å². The van der Waals surface area contributed by atoms with Crippen molar-refractivity contribution in [3.63, 3.8) is 0 Å². The Hall–Kier alpha value is -1.47. The van der Waals surface area contributed by atoms with E-state index in [1.54, 1.807) is 0 Å². The molecule has 0 radical (unpaired) electrons. The molecule has 0 aliphatic carbocycles. The van der Waals surface area contributed by atoms with Gasteiger partial charge in [-0.2, -0.15) is 5.10 Å². The van der Waals surface area contributed by atoms with Crippen molar-refractivity contribution in [2.24, 2.45) is 0 Å². The Kier molecular flexibility index (Phi) is 7.23. The van der Waals surface area contributed by atoms with E-state index in [0.29, 0.717) is 12.8 Å². The van der Waals surface area contributed by atoms with Crippen molar-refractivity contribution in [3.8, 4) is 0 Å². The lowest BCUT2D eigenvalue weighted by molar-refractivity contribution is -0.122. The second kappa shape index (κ2) is 9.87. The first-order chi connectivity index (χ1) is 12.3. The summed E-state index contributed by atoms with van der Waals surface area (Å²) < 4.78 is 0. The smallest absolute Gasteiger partial charge is 0.220 e. The van der Waals surface area contributed by atoms with E-state index < -0.39 is 0 Å². The molecule has 1 aromatic heterocycles. The van der Waals surface area contributed by atoms with E-state index in [0.717, 1.165) is 29.5 Å². The van der Waals surface area contributed by atoms with Crippen LogP contribution in [0.25, 0.3) is 0 Å². The highest BCUT2D eigenvalue weighted by Gasteiger charge is 2.18. The molecule has 0 spiro atoms. The van der Waals surface area contributed by atoms with Crippen molar-refractivity contribution < 1.29 is 4.79 Å². The van der Waals surface area contributed by atoms with Gasteiger partial charge >= 0.3 is 0 Å². The van der Waals surface area contributed by atoms with Crippen LogP contribution in [0.4, 0.5) is 0 Å². The number of amides is 1. The molecule has 2 heterocycles. The monoisotopic (exact) mass is 376 g/mol. The molecular formula is C18H24N4OS2. The maximum atomic E-state index is 12.4. The predicted octanol–water partition coefficient (Wildman–Crippen LogP) is 3.92. The number of rotatable bonds is 9. The molecule has 1 aliphatic heterocycles. The normalized spacial score (nSPS) is 18.2. The van der Waals surface area contributed by atoms with Crippen molar-refractivity contribution in [2.75, 3.05) is 5.75 Å². The molecule has 2 N–H and O–H groups in total. The maximum absolute atomic E-state index is 12.4. The summed E-state index contributed by atoms with van der Waals surface area (Å²) >= 11 is 0. The van der Waals surface area contributed by atoms with E-state index >= 15 is 0 Å². The molecule has 1 aliphatic rings. The van der Waals surface area contributed by atoms with Crippen molar-refractivity contribution >= 4 is 27.5 Å². The molecule has 1 saturated heterocycles. The van der Waals surface area contributed by atoms with Crippen LogP contribution in [0.2, 0.25) is 0 Å². The number of carbonyl (C=O) groups excluding carboxylic acids is 1. The van der Waals surface area contributed by atoms with Gasteiger partial charge in [0, 0.05) is 23.8 Å². The highest BCUT2D eigenvalue weighted by Crippen LogP contribution is 2.39. The number of unbranched alkanes of at least 4 members (excludes halogenated alkanes) is 1. The molecule has 7 heteroatoms. The number of aromatic nitrogens is 3. The summed E-state index contributed by atoms with van der Waals surface area (Å²) in [6.45, 7) is 0. The fourth-order valence-electron chi connectivity index (χ4n) is 2.95. The zero-order chi connectivity index (χ0) is 17.3.